The zero-order valence-electron chi connectivity index (χ0n) is 9.39. The Labute approximate surface area is 100 Å². The van der Waals surface area contributed by atoms with Crippen LogP contribution in [0.25, 0.3) is 0 Å². The molecule has 2 heterocycles. The van der Waals surface area contributed by atoms with E-state index < -0.39 is 0 Å². The highest BCUT2D eigenvalue weighted by Gasteiger charge is 2.27. The fourth-order valence-corrected chi connectivity index (χ4v) is 2.98. The summed E-state index contributed by atoms with van der Waals surface area (Å²) in [5.74, 6) is 0.188. The van der Waals surface area contributed by atoms with Crippen molar-refractivity contribution in [1.82, 2.24) is 4.90 Å². The van der Waals surface area contributed by atoms with Gasteiger partial charge in [0.1, 0.15) is 0 Å². The molecule has 1 amide bonds. The molecule has 1 aromatic rings. The Morgan fingerprint density at radius 1 is 1.56 bits per heavy atom. The maximum Gasteiger partial charge on any atom is 0.264 e. The summed E-state index contributed by atoms with van der Waals surface area (Å²) in [7, 11) is 0. The van der Waals surface area contributed by atoms with Gasteiger partial charge in [-0.1, -0.05) is 6.07 Å². The second-order valence-electron chi connectivity index (χ2n) is 4.20. The van der Waals surface area contributed by atoms with Crippen molar-refractivity contribution in [2.24, 2.45) is 5.73 Å². The number of carbonyl (C=O) groups is 1. The molecular formula is C12H18N2OS. The molecule has 1 atom stereocenters. The van der Waals surface area contributed by atoms with E-state index in [1.807, 2.05) is 22.4 Å². The van der Waals surface area contributed by atoms with Crippen LogP contribution < -0.4 is 5.73 Å². The van der Waals surface area contributed by atoms with E-state index >= 15 is 0 Å². The summed E-state index contributed by atoms with van der Waals surface area (Å²) in [5.41, 5.74) is 5.61. The monoisotopic (exact) mass is 238 g/mol. The molecule has 0 aliphatic carbocycles. The minimum absolute atomic E-state index is 0.188. The molecule has 1 aliphatic heterocycles. The second-order valence-corrected chi connectivity index (χ2v) is 5.15. The summed E-state index contributed by atoms with van der Waals surface area (Å²) in [6.07, 6.45) is 4.38. The topological polar surface area (TPSA) is 46.3 Å². The average Bonchev–Trinajstić information content (AvgIpc) is 2.83. The zero-order valence-corrected chi connectivity index (χ0v) is 10.2. The molecule has 2 rings (SSSR count). The van der Waals surface area contributed by atoms with Crippen molar-refractivity contribution in [3.05, 3.63) is 22.4 Å². The number of carbonyl (C=O) groups excluding carboxylic acids is 1. The van der Waals surface area contributed by atoms with Crippen LogP contribution >= 0.6 is 11.3 Å². The number of thiophene rings is 1. The lowest BCUT2D eigenvalue weighted by Crippen LogP contribution is -2.44. The van der Waals surface area contributed by atoms with Gasteiger partial charge in [0.05, 0.1) is 4.88 Å². The number of likely N-dealkylation sites (tertiary alicyclic amines) is 1. The molecule has 0 radical (unpaired) electrons. The van der Waals surface area contributed by atoms with E-state index in [0.29, 0.717) is 12.6 Å². The van der Waals surface area contributed by atoms with E-state index in [2.05, 4.69) is 0 Å². The van der Waals surface area contributed by atoms with E-state index in [0.717, 1.165) is 30.7 Å². The van der Waals surface area contributed by atoms with Gasteiger partial charge in [0.2, 0.25) is 0 Å². The largest absolute Gasteiger partial charge is 0.335 e. The molecular weight excluding hydrogens is 220 g/mol. The van der Waals surface area contributed by atoms with Gasteiger partial charge in [0, 0.05) is 12.6 Å². The van der Waals surface area contributed by atoms with Gasteiger partial charge in [-0.15, -0.1) is 11.3 Å². The van der Waals surface area contributed by atoms with Gasteiger partial charge in [0.25, 0.3) is 5.91 Å². The third-order valence-corrected chi connectivity index (χ3v) is 3.98. The van der Waals surface area contributed by atoms with Crippen molar-refractivity contribution in [1.29, 1.82) is 0 Å². The number of nitrogens with zero attached hydrogens (tertiary/aromatic N) is 1. The first kappa shape index (κ1) is 11.6. The van der Waals surface area contributed by atoms with Crippen LogP contribution in [0.3, 0.4) is 0 Å². The van der Waals surface area contributed by atoms with Gasteiger partial charge in [-0.05, 0) is 43.7 Å². The first-order chi connectivity index (χ1) is 7.83. The standard InChI is InChI=1S/C12H18N2OS/c13-7-6-10-4-1-2-8-14(10)12(15)11-5-3-9-16-11/h3,5,9-10H,1-2,4,6-8,13H2. The van der Waals surface area contributed by atoms with E-state index in [1.165, 1.54) is 17.8 Å². The number of piperidine rings is 1. The molecule has 4 heteroatoms. The molecule has 88 valence electrons. The van der Waals surface area contributed by atoms with Crippen molar-refractivity contribution in [2.75, 3.05) is 13.1 Å². The summed E-state index contributed by atoms with van der Waals surface area (Å²) in [4.78, 5) is 15.1. The number of hydrogen-bond donors (Lipinski definition) is 1. The Balaban J connectivity index is 2.08. The van der Waals surface area contributed by atoms with Crippen molar-refractivity contribution < 1.29 is 4.79 Å². The molecule has 1 unspecified atom stereocenters. The maximum absolute atomic E-state index is 12.2. The highest BCUT2D eigenvalue weighted by molar-refractivity contribution is 7.12. The Morgan fingerprint density at radius 3 is 3.12 bits per heavy atom. The Hall–Kier alpha value is -0.870. The minimum atomic E-state index is 0.188. The molecule has 0 spiro atoms. The van der Waals surface area contributed by atoms with Gasteiger partial charge in [0.15, 0.2) is 0 Å². The second kappa shape index (κ2) is 5.46. The summed E-state index contributed by atoms with van der Waals surface area (Å²) in [6, 6.07) is 4.19. The molecule has 16 heavy (non-hydrogen) atoms. The summed E-state index contributed by atoms with van der Waals surface area (Å²) in [6.45, 7) is 1.56. The van der Waals surface area contributed by atoms with Crippen molar-refractivity contribution in [2.45, 2.75) is 31.7 Å². The third-order valence-electron chi connectivity index (χ3n) is 3.12. The van der Waals surface area contributed by atoms with Crippen LogP contribution in [0.4, 0.5) is 0 Å². The van der Waals surface area contributed by atoms with Crippen LogP contribution in [0.1, 0.15) is 35.4 Å². The fourth-order valence-electron chi connectivity index (χ4n) is 2.30. The van der Waals surface area contributed by atoms with Crippen LogP contribution in [-0.2, 0) is 0 Å². The van der Waals surface area contributed by atoms with E-state index in [1.54, 1.807) is 0 Å². The van der Waals surface area contributed by atoms with Crippen molar-refractivity contribution in [3.63, 3.8) is 0 Å². The molecule has 0 aromatic carbocycles. The Bertz CT molecular complexity index is 335. The first-order valence-electron chi connectivity index (χ1n) is 5.87. The number of hydrogen-bond acceptors (Lipinski definition) is 3. The van der Waals surface area contributed by atoms with E-state index in [9.17, 15) is 4.79 Å². The maximum atomic E-state index is 12.2. The molecule has 0 saturated carbocycles. The first-order valence-corrected chi connectivity index (χ1v) is 6.75. The van der Waals surface area contributed by atoms with Crippen molar-refractivity contribution in [3.8, 4) is 0 Å². The molecule has 1 aliphatic rings. The lowest BCUT2D eigenvalue weighted by atomic mass is 9.99. The predicted octanol–water partition coefficient (Wildman–Crippen LogP) is 2.09. The fraction of sp³-hybridized carbons (Fsp3) is 0.583. The highest BCUT2D eigenvalue weighted by atomic mass is 32.1. The molecule has 1 saturated heterocycles. The number of amides is 1. The van der Waals surface area contributed by atoms with Gasteiger partial charge in [-0.25, -0.2) is 0 Å². The molecule has 1 aromatic heterocycles. The average molecular weight is 238 g/mol. The third kappa shape index (κ3) is 2.44. The van der Waals surface area contributed by atoms with Crippen LogP contribution in [0.2, 0.25) is 0 Å². The number of rotatable bonds is 3. The van der Waals surface area contributed by atoms with Crippen molar-refractivity contribution >= 4 is 17.2 Å². The van der Waals surface area contributed by atoms with Gasteiger partial charge in [-0.3, -0.25) is 4.79 Å². The molecule has 0 bridgehead atoms. The van der Waals surface area contributed by atoms with Crippen LogP contribution in [0.5, 0.6) is 0 Å². The lowest BCUT2D eigenvalue weighted by Gasteiger charge is -2.35. The van der Waals surface area contributed by atoms with Gasteiger partial charge < -0.3 is 10.6 Å². The predicted molar refractivity (Wildman–Crippen MR) is 66.7 cm³/mol. The van der Waals surface area contributed by atoms with Crippen LogP contribution in [-0.4, -0.2) is 29.9 Å². The lowest BCUT2D eigenvalue weighted by molar-refractivity contribution is 0.0610. The molecule has 2 N–H and O–H groups in total. The zero-order chi connectivity index (χ0) is 11.4. The van der Waals surface area contributed by atoms with Gasteiger partial charge >= 0.3 is 0 Å². The summed E-state index contributed by atoms with van der Waals surface area (Å²) in [5, 5.41) is 1.95. The molecule has 1 fully saturated rings. The van der Waals surface area contributed by atoms with E-state index in [-0.39, 0.29) is 5.91 Å². The highest BCUT2D eigenvalue weighted by Crippen LogP contribution is 2.23. The summed E-state index contributed by atoms with van der Waals surface area (Å²) >= 11 is 1.52. The Kier molecular flexibility index (Phi) is 3.96. The van der Waals surface area contributed by atoms with Crippen LogP contribution in [0, 0.1) is 0 Å². The van der Waals surface area contributed by atoms with Gasteiger partial charge in [-0.2, -0.15) is 0 Å². The normalized spacial score (nSPS) is 21.1. The minimum Gasteiger partial charge on any atom is -0.335 e. The quantitative estimate of drug-likeness (QED) is 0.876. The molecule has 3 nitrogen and oxygen atoms in total. The SMILES string of the molecule is NCCC1CCCCN1C(=O)c1cccs1. The van der Waals surface area contributed by atoms with E-state index in [4.69, 9.17) is 5.73 Å². The number of nitrogens with two attached hydrogens (primary N) is 1. The Morgan fingerprint density at radius 2 is 2.44 bits per heavy atom. The summed E-state index contributed by atoms with van der Waals surface area (Å²) < 4.78 is 0. The smallest absolute Gasteiger partial charge is 0.264 e. The van der Waals surface area contributed by atoms with Crippen LogP contribution in [0.15, 0.2) is 17.5 Å².